The third-order valence-electron chi connectivity index (χ3n) is 4.14. The van der Waals surface area contributed by atoms with E-state index >= 15 is 0 Å². The number of nitrogens with zero attached hydrogens (tertiary/aromatic N) is 4. The van der Waals surface area contributed by atoms with Gasteiger partial charge < -0.3 is 4.74 Å². The molecule has 1 saturated carbocycles. The second-order valence-electron chi connectivity index (χ2n) is 6.25. The van der Waals surface area contributed by atoms with E-state index in [9.17, 15) is 4.79 Å². The molecule has 0 radical (unpaired) electrons. The van der Waals surface area contributed by atoms with Crippen LogP contribution in [0.2, 0.25) is 0 Å². The van der Waals surface area contributed by atoms with E-state index in [-0.39, 0.29) is 5.91 Å². The second kappa shape index (κ2) is 8.48. The maximum Gasteiger partial charge on any atom is 0.225 e. The highest BCUT2D eigenvalue weighted by Gasteiger charge is 2.34. The van der Waals surface area contributed by atoms with Crippen LogP contribution in [-0.4, -0.2) is 34.2 Å². The van der Waals surface area contributed by atoms with Gasteiger partial charge in [0.15, 0.2) is 4.34 Å². The molecule has 0 atom stereocenters. The lowest BCUT2D eigenvalue weighted by atomic mass is 10.2. The van der Waals surface area contributed by atoms with Gasteiger partial charge in [-0.05, 0) is 31.0 Å². The summed E-state index contributed by atoms with van der Waals surface area (Å²) in [6, 6.07) is 6.19. The smallest absolute Gasteiger partial charge is 0.225 e. The number of hydrogen-bond acceptors (Lipinski definition) is 8. The average molecular weight is 497 g/mol. The summed E-state index contributed by atoms with van der Waals surface area (Å²) in [7, 11) is 1.66. The first-order valence-electron chi connectivity index (χ1n) is 8.59. The van der Waals surface area contributed by atoms with Crippen LogP contribution in [0.25, 0.3) is 10.6 Å². The number of rotatable bonds is 7. The number of ether oxygens (including phenoxy) is 1. The summed E-state index contributed by atoms with van der Waals surface area (Å²) in [6.45, 7) is 1.58. The molecule has 6 nitrogen and oxygen atoms in total. The van der Waals surface area contributed by atoms with Gasteiger partial charge in [0, 0.05) is 28.6 Å². The zero-order chi connectivity index (χ0) is 19.7. The van der Waals surface area contributed by atoms with Gasteiger partial charge >= 0.3 is 0 Å². The first-order chi connectivity index (χ1) is 13.5. The first kappa shape index (κ1) is 19.8. The molecule has 2 aromatic heterocycles. The number of carbonyl (C=O) groups is 1. The molecule has 4 rings (SSSR count). The van der Waals surface area contributed by atoms with Crippen LogP contribution >= 0.6 is 50.4 Å². The molecule has 1 fully saturated rings. The molecule has 146 valence electrons. The minimum Gasteiger partial charge on any atom is -0.496 e. The molecule has 1 aromatic carbocycles. The van der Waals surface area contributed by atoms with E-state index < -0.39 is 0 Å². The van der Waals surface area contributed by atoms with Crippen molar-refractivity contribution < 1.29 is 9.53 Å². The molecule has 0 spiro atoms. The van der Waals surface area contributed by atoms with Crippen molar-refractivity contribution in [2.75, 3.05) is 12.0 Å². The summed E-state index contributed by atoms with van der Waals surface area (Å²) in [5, 5.41) is 12.1. The van der Waals surface area contributed by atoms with Gasteiger partial charge in [0.2, 0.25) is 11.0 Å². The number of anilines is 1. The van der Waals surface area contributed by atoms with Crippen molar-refractivity contribution in [1.82, 2.24) is 15.2 Å². The average Bonchev–Trinajstić information content (AvgIpc) is 3.19. The minimum atomic E-state index is 0.0299. The highest BCUT2D eigenvalue weighted by molar-refractivity contribution is 9.10. The van der Waals surface area contributed by atoms with E-state index in [4.69, 9.17) is 9.72 Å². The Morgan fingerprint density at radius 3 is 2.93 bits per heavy atom. The summed E-state index contributed by atoms with van der Waals surface area (Å²) in [6.07, 6.45) is 2.09. The van der Waals surface area contributed by atoms with E-state index in [1.54, 1.807) is 42.0 Å². The maximum atomic E-state index is 11.9. The van der Waals surface area contributed by atoms with Crippen LogP contribution in [0.5, 0.6) is 5.75 Å². The molecule has 1 amide bonds. The molecule has 3 aromatic rings. The van der Waals surface area contributed by atoms with E-state index in [2.05, 4.69) is 31.5 Å². The lowest BCUT2D eigenvalue weighted by Crippen LogP contribution is -2.30. The van der Waals surface area contributed by atoms with Gasteiger partial charge in [0.1, 0.15) is 10.8 Å². The Labute approximate surface area is 183 Å². The van der Waals surface area contributed by atoms with Gasteiger partial charge in [-0.2, -0.15) is 0 Å². The number of thioether (sulfide) groups is 1. The fourth-order valence-electron chi connectivity index (χ4n) is 2.72. The Morgan fingerprint density at radius 1 is 1.39 bits per heavy atom. The maximum absolute atomic E-state index is 11.9. The molecule has 1 aliphatic carbocycles. The first-order valence-corrected chi connectivity index (χ1v) is 12.1. The molecular formula is C18H17BrN4O2S3. The van der Waals surface area contributed by atoms with Crippen LogP contribution in [0, 0.1) is 0 Å². The van der Waals surface area contributed by atoms with Crippen LogP contribution in [0.1, 0.15) is 25.5 Å². The van der Waals surface area contributed by atoms with Crippen molar-refractivity contribution >= 4 is 61.4 Å². The Hall–Kier alpha value is -1.49. The Bertz CT molecular complexity index is 1000. The number of amides is 1. The summed E-state index contributed by atoms with van der Waals surface area (Å²) >= 11 is 8.15. The topological polar surface area (TPSA) is 68.2 Å². The lowest BCUT2D eigenvalue weighted by Gasteiger charge is -2.15. The van der Waals surface area contributed by atoms with Gasteiger partial charge in [-0.15, -0.1) is 21.5 Å². The fraction of sp³-hybridized carbons (Fsp3) is 0.333. The number of thiazole rings is 1. The number of hydrogen-bond donors (Lipinski definition) is 0. The molecule has 0 N–H and O–H groups in total. The van der Waals surface area contributed by atoms with E-state index in [1.807, 2.05) is 18.2 Å². The number of benzene rings is 1. The molecule has 0 aliphatic heterocycles. The molecule has 0 unspecified atom stereocenters. The summed E-state index contributed by atoms with van der Waals surface area (Å²) in [5.41, 5.74) is 1.95. The number of carbonyl (C=O) groups excluding carboxylic acids is 1. The lowest BCUT2D eigenvalue weighted by molar-refractivity contribution is -0.116. The normalized spacial score (nSPS) is 13.5. The minimum absolute atomic E-state index is 0.0299. The monoisotopic (exact) mass is 496 g/mol. The molecule has 2 heterocycles. The number of halogens is 1. The fourth-order valence-corrected chi connectivity index (χ4v) is 5.87. The van der Waals surface area contributed by atoms with Crippen molar-refractivity contribution in [3.8, 4) is 16.3 Å². The Morgan fingerprint density at radius 2 is 2.21 bits per heavy atom. The van der Waals surface area contributed by atoms with Crippen LogP contribution in [0.4, 0.5) is 5.13 Å². The zero-order valence-electron chi connectivity index (χ0n) is 15.2. The van der Waals surface area contributed by atoms with E-state index in [0.29, 0.717) is 16.9 Å². The van der Waals surface area contributed by atoms with Gasteiger partial charge in [-0.1, -0.05) is 39.0 Å². The zero-order valence-corrected chi connectivity index (χ0v) is 19.3. The number of aromatic nitrogens is 3. The highest BCUT2D eigenvalue weighted by Crippen LogP contribution is 2.38. The van der Waals surface area contributed by atoms with Gasteiger partial charge in [0.25, 0.3) is 0 Å². The SMILES string of the molecule is COc1ccc(Br)cc1-c1nc(CSc2nnc(N(C(C)=O)C3CC3)s2)cs1. The quantitative estimate of drug-likeness (QED) is 0.329. The van der Waals surface area contributed by atoms with Gasteiger partial charge in [-0.3, -0.25) is 9.69 Å². The van der Waals surface area contributed by atoms with Gasteiger partial charge in [-0.25, -0.2) is 4.98 Å². The third-order valence-corrected chi connectivity index (χ3v) is 7.65. The summed E-state index contributed by atoms with van der Waals surface area (Å²) < 4.78 is 7.29. The van der Waals surface area contributed by atoms with Crippen molar-refractivity contribution in [3.63, 3.8) is 0 Å². The Balaban J connectivity index is 1.44. The third kappa shape index (κ3) is 4.40. The Kier molecular flexibility index (Phi) is 6.00. The van der Waals surface area contributed by atoms with Crippen LogP contribution in [0.3, 0.4) is 0 Å². The summed E-state index contributed by atoms with van der Waals surface area (Å²) in [5.74, 6) is 1.53. The van der Waals surface area contributed by atoms with E-state index in [1.165, 1.54) is 11.3 Å². The molecule has 1 aliphatic rings. The summed E-state index contributed by atoms with van der Waals surface area (Å²) in [4.78, 5) is 18.4. The van der Waals surface area contributed by atoms with Crippen LogP contribution < -0.4 is 9.64 Å². The molecule has 28 heavy (non-hydrogen) atoms. The van der Waals surface area contributed by atoms with Crippen LogP contribution in [0.15, 0.2) is 32.4 Å². The van der Waals surface area contributed by atoms with Crippen molar-refractivity contribution in [2.24, 2.45) is 0 Å². The van der Waals surface area contributed by atoms with Gasteiger partial charge in [0.05, 0.1) is 18.4 Å². The van der Waals surface area contributed by atoms with Crippen molar-refractivity contribution in [2.45, 2.75) is 35.9 Å². The molecule has 10 heteroatoms. The standard InChI is InChI=1S/C18H17BrN4O2S3/c1-10(24)23(13-4-5-13)17-21-22-18(28-17)27-9-12-8-26-16(20-12)14-7-11(19)3-6-15(14)25-2/h3,6-8,13H,4-5,9H2,1-2H3. The molecular weight excluding hydrogens is 480 g/mol. The predicted octanol–water partition coefficient (Wildman–Crippen LogP) is 5.24. The van der Waals surface area contributed by atoms with Crippen LogP contribution in [-0.2, 0) is 10.5 Å². The molecule has 0 saturated heterocycles. The van der Waals surface area contributed by atoms with Crippen molar-refractivity contribution in [1.29, 1.82) is 0 Å². The second-order valence-corrected chi connectivity index (χ2v) is 10.2. The largest absolute Gasteiger partial charge is 0.496 e. The predicted molar refractivity (Wildman–Crippen MR) is 117 cm³/mol. The number of methoxy groups -OCH3 is 1. The highest BCUT2D eigenvalue weighted by atomic mass is 79.9. The van der Waals surface area contributed by atoms with Crippen molar-refractivity contribution in [3.05, 3.63) is 33.7 Å². The molecule has 0 bridgehead atoms. The van der Waals surface area contributed by atoms with E-state index in [0.717, 1.165) is 43.7 Å².